The molecule has 1 N–H and O–H groups in total. The van der Waals surface area contributed by atoms with Crippen molar-refractivity contribution in [1.29, 1.82) is 0 Å². The van der Waals surface area contributed by atoms with Crippen molar-refractivity contribution in [1.82, 2.24) is 0 Å². The van der Waals surface area contributed by atoms with Crippen LogP contribution in [-0.2, 0) is 4.79 Å². The fourth-order valence-corrected chi connectivity index (χ4v) is 2.47. The number of thioether (sulfide) groups is 1. The summed E-state index contributed by atoms with van der Waals surface area (Å²) in [5, 5.41) is 4.65. The molecule has 0 saturated carbocycles. The summed E-state index contributed by atoms with van der Waals surface area (Å²) in [6, 6.07) is 17.9. The van der Waals surface area contributed by atoms with Gasteiger partial charge in [-0.1, -0.05) is 55.9 Å². The summed E-state index contributed by atoms with van der Waals surface area (Å²) >= 11 is 1.52. The van der Waals surface area contributed by atoms with Gasteiger partial charge < -0.3 is 5.32 Å². The Morgan fingerprint density at radius 2 is 1.71 bits per heavy atom. The van der Waals surface area contributed by atoms with Gasteiger partial charge in [0.2, 0.25) is 5.91 Å². The summed E-state index contributed by atoms with van der Waals surface area (Å²) in [7, 11) is 0. The van der Waals surface area contributed by atoms with Gasteiger partial charge in [0.25, 0.3) is 0 Å². The summed E-state index contributed by atoms with van der Waals surface area (Å²) in [5.41, 5.74) is 2.09. The molecule has 0 aliphatic rings. The lowest BCUT2D eigenvalue weighted by atomic mass is 10.0. The zero-order chi connectivity index (χ0) is 15.1. The molecule has 2 aromatic carbocycles. The molecule has 3 heteroatoms. The highest BCUT2D eigenvalue weighted by atomic mass is 32.2. The summed E-state index contributed by atoms with van der Waals surface area (Å²) in [6.45, 7) is 4.30. The maximum absolute atomic E-state index is 11.8. The van der Waals surface area contributed by atoms with Crippen molar-refractivity contribution in [2.75, 3.05) is 5.32 Å². The first-order valence-corrected chi connectivity index (χ1v) is 7.82. The maximum atomic E-state index is 11.8. The third kappa shape index (κ3) is 5.12. The Labute approximate surface area is 130 Å². The van der Waals surface area contributed by atoms with Gasteiger partial charge >= 0.3 is 0 Å². The quantitative estimate of drug-likeness (QED) is 0.617. The Balaban J connectivity index is 1.86. The zero-order valence-electron chi connectivity index (χ0n) is 12.2. The summed E-state index contributed by atoms with van der Waals surface area (Å²) in [4.78, 5) is 12.9. The minimum Gasteiger partial charge on any atom is -0.322 e. The molecule has 0 aliphatic carbocycles. The number of anilines is 1. The molecule has 0 bridgehead atoms. The molecule has 0 radical (unpaired) electrons. The largest absolute Gasteiger partial charge is 0.322 e. The Kier molecular flexibility index (Phi) is 5.64. The molecule has 108 valence electrons. The molecule has 0 atom stereocenters. The van der Waals surface area contributed by atoms with Crippen LogP contribution in [0, 0.1) is 0 Å². The standard InChI is InChI=1S/C18H19NOS/c1-14(2)15-8-10-16(11-9-15)19-18(20)12-13-21-17-6-4-3-5-7-17/h3-14H,1-2H3,(H,19,20). The SMILES string of the molecule is CC(C)c1ccc(NC(=O)C=CSc2ccccc2)cc1. The van der Waals surface area contributed by atoms with Crippen molar-refractivity contribution in [3.8, 4) is 0 Å². The average molecular weight is 297 g/mol. The van der Waals surface area contributed by atoms with Crippen LogP contribution in [0.25, 0.3) is 0 Å². The van der Waals surface area contributed by atoms with Crippen LogP contribution in [0.3, 0.4) is 0 Å². The van der Waals surface area contributed by atoms with Crippen LogP contribution in [0.5, 0.6) is 0 Å². The van der Waals surface area contributed by atoms with E-state index in [1.165, 1.54) is 17.3 Å². The molecule has 0 saturated heterocycles. The van der Waals surface area contributed by atoms with Gasteiger partial charge in [-0.25, -0.2) is 0 Å². The lowest BCUT2D eigenvalue weighted by Gasteiger charge is -2.07. The highest BCUT2D eigenvalue weighted by Gasteiger charge is 2.00. The number of carbonyl (C=O) groups is 1. The molecule has 1 amide bonds. The van der Waals surface area contributed by atoms with Crippen molar-refractivity contribution >= 4 is 23.4 Å². The van der Waals surface area contributed by atoms with E-state index < -0.39 is 0 Å². The minimum atomic E-state index is -0.115. The Morgan fingerprint density at radius 1 is 1.05 bits per heavy atom. The minimum absolute atomic E-state index is 0.115. The fraction of sp³-hybridized carbons (Fsp3) is 0.167. The molecule has 2 rings (SSSR count). The molecule has 0 aromatic heterocycles. The van der Waals surface area contributed by atoms with Gasteiger partial charge in [-0.05, 0) is 41.2 Å². The van der Waals surface area contributed by atoms with Crippen molar-refractivity contribution < 1.29 is 4.79 Å². The Morgan fingerprint density at radius 3 is 2.33 bits per heavy atom. The monoisotopic (exact) mass is 297 g/mol. The molecule has 0 spiro atoms. The van der Waals surface area contributed by atoms with E-state index in [1.807, 2.05) is 54.6 Å². The predicted octanol–water partition coefficient (Wildman–Crippen LogP) is 5.05. The normalized spacial score (nSPS) is 11.0. The third-order valence-corrected chi connectivity index (χ3v) is 3.83. The van der Waals surface area contributed by atoms with Gasteiger partial charge in [0.05, 0.1) is 0 Å². The number of benzene rings is 2. The van der Waals surface area contributed by atoms with E-state index in [-0.39, 0.29) is 5.91 Å². The molecule has 2 aromatic rings. The summed E-state index contributed by atoms with van der Waals surface area (Å²) in [6.07, 6.45) is 1.55. The molecule has 0 fully saturated rings. The van der Waals surface area contributed by atoms with Gasteiger partial charge in [-0.2, -0.15) is 0 Å². The molecule has 2 nitrogen and oxygen atoms in total. The van der Waals surface area contributed by atoms with Crippen molar-refractivity contribution in [2.45, 2.75) is 24.7 Å². The van der Waals surface area contributed by atoms with Crippen molar-refractivity contribution in [3.05, 3.63) is 71.6 Å². The topological polar surface area (TPSA) is 29.1 Å². The molecule has 0 unspecified atom stereocenters. The van der Waals surface area contributed by atoms with E-state index >= 15 is 0 Å². The van der Waals surface area contributed by atoms with E-state index in [0.717, 1.165) is 10.6 Å². The molecule has 0 aliphatic heterocycles. The second-order valence-electron chi connectivity index (χ2n) is 5.00. The molecule has 21 heavy (non-hydrogen) atoms. The highest BCUT2D eigenvalue weighted by Crippen LogP contribution is 2.19. The van der Waals surface area contributed by atoms with Gasteiger partial charge in [0.15, 0.2) is 0 Å². The van der Waals surface area contributed by atoms with E-state index in [2.05, 4.69) is 19.2 Å². The van der Waals surface area contributed by atoms with Crippen LogP contribution in [0.15, 0.2) is 71.0 Å². The van der Waals surface area contributed by atoms with Crippen LogP contribution in [-0.4, -0.2) is 5.91 Å². The Hall–Kier alpha value is -2.00. The number of nitrogens with one attached hydrogen (secondary N) is 1. The van der Waals surface area contributed by atoms with Crippen LogP contribution in [0.4, 0.5) is 5.69 Å². The van der Waals surface area contributed by atoms with Gasteiger partial charge in [0.1, 0.15) is 0 Å². The van der Waals surface area contributed by atoms with E-state index in [4.69, 9.17) is 0 Å². The molecular formula is C18H19NOS. The first kappa shape index (κ1) is 15.4. The second kappa shape index (κ2) is 7.70. The first-order chi connectivity index (χ1) is 10.1. The summed E-state index contributed by atoms with van der Waals surface area (Å²) < 4.78 is 0. The second-order valence-corrected chi connectivity index (χ2v) is 5.98. The molecule has 0 heterocycles. The van der Waals surface area contributed by atoms with E-state index in [1.54, 1.807) is 11.5 Å². The zero-order valence-corrected chi connectivity index (χ0v) is 13.1. The Bertz CT molecular complexity index is 603. The molecular weight excluding hydrogens is 278 g/mol. The average Bonchev–Trinajstić information content (AvgIpc) is 2.49. The van der Waals surface area contributed by atoms with Crippen LogP contribution >= 0.6 is 11.8 Å². The number of hydrogen-bond acceptors (Lipinski definition) is 2. The smallest absolute Gasteiger partial charge is 0.248 e. The number of rotatable bonds is 5. The number of carbonyl (C=O) groups excluding carboxylic acids is 1. The highest BCUT2D eigenvalue weighted by molar-refractivity contribution is 8.02. The van der Waals surface area contributed by atoms with E-state index in [9.17, 15) is 4.79 Å². The predicted molar refractivity (Wildman–Crippen MR) is 90.6 cm³/mol. The lowest BCUT2D eigenvalue weighted by molar-refractivity contribution is -0.111. The van der Waals surface area contributed by atoms with E-state index in [0.29, 0.717) is 5.92 Å². The van der Waals surface area contributed by atoms with Crippen molar-refractivity contribution in [3.63, 3.8) is 0 Å². The van der Waals surface area contributed by atoms with Crippen LogP contribution in [0.2, 0.25) is 0 Å². The lowest BCUT2D eigenvalue weighted by Crippen LogP contribution is -2.07. The van der Waals surface area contributed by atoms with Gasteiger partial charge in [-0.3, -0.25) is 4.79 Å². The number of amides is 1. The van der Waals surface area contributed by atoms with Crippen LogP contribution in [0.1, 0.15) is 25.3 Å². The fourth-order valence-electron chi connectivity index (χ4n) is 1.81. The van der Waals surface area contributed by atoms with Gasteiger partial charge in [-0.15, -0.1) is 0 Å². The van der Waals surface area contributed by atoms with Gasteiger partial charge in [0, 0.05) is 16.7 Å². The van der Waals surface area contributed by atoms with Crippen molar-refractivity contribution in [2.24, 2.45) is 0 Å². The first-order valence-electron chi connectivity index (χ1n) is 6.94. The van der Waals surface area contributed by atoms with Crippen LogP contribution < -0.4 is 5.32 Å². The third-order valence-electron chi connectivity index (χ3n) is 3.01. The number of hydrogen-bond donors (Lipinski definition) is 1. The summed E-state index contributed by atoms with van der Waals surface area (Å²) in [5.74, 6) is 0.382. The maximum Gasteiger partial charge on any atom is 0.248 e.